The van der Waals surface area contributed by atoms with Crippen molar-refractivity contribution in [3.05, 3.63) is 23.3 Å². The minimum atomic E-state index is -5.22. The van der Waals surface area contributed by atoms with E-state index >= 15 is 0 Å². The number of carbonyl (C=O) groups is 1. The fourth-order valence-electron chi connectivity index (χ4n) is 1.12. The Morgan fingerprint density at radius 3 is 2.50 bits per heavy atom. The Labute approximate surface area is 97.3 Å². The number of carbonyl (C=O) groups excluding carboxylic acids is 1. The third kappa shape index (κ3) is 3.05. The van der Waals surface area contributed by atoms with E-state index in [-0.39, 0.29) is 0 Å². The highest BCUT2D eigenvalue weighted by Crippen LogP contribution is 2.31. The van der Waals surface area contributed by atoms with Crippen molar-refractivity contribution >= 4 is 5.97 Å². The van der Waals surface area contributed by atoms with Crippen molar-refractivity contribution < 1.29 is 36.2 Å². The van der Waals surface area contributed by atoms with E-state index in [0.29, 0.717) is 6.20 Å². The van der Waals surface area contributed by atoms with Crippen LogP contribution in [-0.2, 0) is 11.4 Å². The molecular formula is C9H6F5NO3. The van der Waals surface area contributed by atoms with Crippen LogP contribution in [0.1, 0.15) is 16.1 Å². The summed E-state index contributed by atoms with van der Waals surface area (Å²) in [5.41, 5.74) is -2.01. The number of esters is 1. The van der Waals surface area contributed by atoms with Crippen LogP contribution in [0.15, 0.2) is 6.20 Å². The van der Waals surface area contributed by atoms with Crippen LogP contribution in [0.25, 0.3) is 0 Å². The molecular weight excluding hydrogens is 265 g/mol. The molecule has 0 bridgehead atoms. The number of rotatable bonds is 3. The number of aromatic nitrogens is 1. The standard InChI is InChI=1S/C9H6F5NO3/c1-17-8(16)6-4(11)3-15-5(2-10)7(6)18-9(12,13)14/h3H,2H2,1H3. The van der Waals surface area contributed by atoms with E-state index in [1.54, 1.807) is 0 Å². The Bertz CT molecular complexity index is 460. The van der Waals surface area contributed by atoms with Gasteiger partial charge >= 0.3 is 12.3 Å². The van der Waals surface area contributed by atoms with Gasteiger partial charge in [0.05, 0.1) is 13.3 Å². The second-order valence-corrected chi connectivity index (χ2v) is 2.93. The van der Waals surface area contributed by atoms with E-state index in [9.17, 15) is 26.7 Å². The minimum Gasteiger partial charge on any atom is -0.465 e. The smallest absolute Gasteiger partial charge is 0.465 e. The highest BCUT2D eigenvalue weighted by molar-refractivity contribution is 5.93. The van der Waals surface area contributed by atoms with Gasteiger partial charge in [0.25, 0.3) is 0 Å². The van der Waals surface area contributed by atoms with Crippen molar-refractivity contribution in [2.75, 3.05) is 7.11 Å². The Hall–Kier alpha value is -1.93. The number of pyridine rings is 1. The average molecular weight is 271 g/mol. The van der Waals surface area contributed by atoms with Crippen molar-refractivity contribution in [3.8, 4) is 5.75 Å². The van der Waals surface area contributed by atoms with Gasteiger partial charge in [-0.2, -0.15) is 0 Å². The lowest BCUT2D eigenvalue weighted by Gasteiger charge is -2.14. The molecule has 1 aromatic rings. The molecule has 0 saturated carbocycles. The molecule has 0 N–H and O–H groups in total. The molecule has 0 saturated heterocycles. The summed E-state index contributed by atoms with van der Waals surface area (Å²) in [6.07, 6.45) is -4.81. The van der Waals surface area contributed by atoms with Gasteiger partial charge in [-0.25, -0.2) is 13.6 Å². The maximum absolute atomic E-state index is 13.2. The van der Waals surface area contributed by atoms with Gasteiger partial charge in [-0.1, -0.05) is 0 Å². The predicted molar refractivity (Wildman–Crippen MR) is 47.0 cm³/mol. The zero-order valence-corrected chi connectivity index (χ0v) is 8.85. The number of methoxy groups -OCH3 is 1. The molecule has 0 aliphatic rings. The van der Waals surface area contributed by atoms with Crippen LogP contribution in [0, 0.1) is 5.82 Å². The first-order valence-corrected chi connectivity index (χ1v) is 4.37. The number of hydrogen-bond acceptors (Lipinski definition) is 4. The van der Waals surface area contributed by atoms with Crippen LogP contribution < -0.4 is 4.74 Å². The summed E-state index contributed by atoms with van der Waals surface area (Å²) in [6.45, 7) is -1.46. The Morgan fingerprint density at radius 1 is 1.44 bits per heavy atom. The summed E-state index contributed by atoms with van der Waals surface area (Å²) in [5, 5.41) is 0. The fourth-order valence-corrected chi connectivity index (χ4v) is 1.12. The molecule has 9 heteroatoms. The van der Waals surface area contributed by atoms with Crippen molar-refractivity contribution in [2.24, 2.45) is 0 Å². The van der Waals surface area contributed by atoms with Gasteiger partial charge in [0.1, 0.15) is 17.9 Å². The fraction of sp³-hybridized carbons (Fsp3) is 0.333. The Balaban J connectivity index is 3.41. The topological polar surface area (TPSA) is 48.4 Å². The number of nitrogens with zero attached hydrogens (tertiary/aromatic N) is 1. The Morgan fingerprint density at radius 2 is 2.06 bits per heavy atom. The van der Waals surface area contributed by atoms with E-state index in [1.165, 1.54) is 0 Å². The van der Waals surface area contributed by atoms with Crippen molar-refractivity contribution in [1.82, 2.24) is 4.98 Å². The molecule has 100 valence electrons. The number of alkyl halides is 4. The van der Waals surface area contributed by atoms with Crippen LogP contribution in [-0.4, -0.2) is 24.4 Å². The monoisotopic (exact) mass is 271 g/mol. The van der Waals surface area contributed by atoms with Crippen LogP contribution >= 0.6 is 0 Å². The molecule has 0 amide bonds. The lowest BCUT2D eigenvalue weighted by atomic mass is 10.2. The lowest BCUT2D eigenvalue weighted by Crippen LogP contribution is -2.21. The van der Waals surface area contributed by atoms with Gasteiger partial charge in [0.15, 0.2) is 11.6 Å². The number of ether oxygens (including phenoxy) is 2. The summed E-state index contributed by atoms with van der Waals surface area (Å²) in [5.74, 6) is -4.17. The van der Waals surface area contributed by atoms with Crippen molar-refractivity contribution in [3.63, 3.8) is 0 Å². The van der Waals surface area contributed by atoms with Gasteiger partial charge in [0.2, 0.25) is 0 Å². The molecule has 0 unspecified atom stereocenters. The summed E-state index contributed by atoms with van der Waals surface area (Å²) in [7, 11) is 0.828. The molecule has 0 atom stereocenters. The molecule has 0 fully saturated rings. The van der Waals surface area contributed by atoms with Crippen molar-refractivity contribution in [1.29, 1.82) is 0 Å². The van der Waals surface area contributed by atoms with Gasteiger partial charge < -0.3 is 9.47 Å². The third-order valence-corrected chi connectivity index (χ3v) is 1.80. The maximum atomic E-state index is 13.2. The van der Waals surface area contributed by atoms with Crippen LogP contribution in [0.5, 0.6) is 5.75 Å². The van der Waals surface area contributed by atoms with E-state index in [0.717, 1.165) is 7.11 Å². The van der Waals surface area contributed by atoms with E-state index in [4.69, 9.17) is 0 Å². The average Bonchev–Trinajstić information content (AvgIpc) is 2.27. The highest BCUT2D eigenvalue weighted by Gasteiger charge is 2.36. The molecule has 0 spiro atoms. The predicted octanol–water partition coefficient (Wildman–Crippen LogP) is 2.38. The number of hydrogen-bond donors (Lipinski definition) is 0. The Kier molecular flexibility index (Phi) is 4.04. The van der Waals surface area contributed by atoms with Gasteiger partial charge in [0, 0.05) is 0 Å². The van der Waals surface area contributed by atoms with E-state index in [1.807, 2.05) is 0 Å². The molecule has 0 radical (unpaired) electrons. The first kappa shape index (κ1) is 14.1. The molecule has 1 rings (SSSR count). The second-order valence-electron chi connectivity index (χ2n) is 2.93. The largest absolute Gasteiger partial charge is 0.573 e. The summed E-state index contributed by atoms with van der Waals surface area (Å²) in [4.78, 5) is 14.2. The van der Waals surface area contributed by atoms with Crippen LogP contribution in [0.3, 0.4) is 0 Å². The molecule has 4 nitrogen and oxygen atoms in total. The molecule has 0 aliphatic carbocycles. The van der Waals surface area contributed by atoms with E-state index < -0.39 is 41.8 Å². The number of halogens is 5. The second kappa shape index (κ2) is 5.15. The zero-order chi connectivity index (χ0) is 13.9. The molecule has 0 aromatic carbocycles. The zero-order valence-electron chi connectivity index (χ0n) is 8.85. The molecule has 18 heavy (non-hydrogen) atoms. The maximum Gasteiger partial charge on any atom is 0.573 e. The summed E-state index contributed by atoms with van der Waals surface area (Å²) < 4.78 is 69.5. The molecule has 1 aromatic heterocycles. The van der Waals surface area contributed by atoms with Gasteiger partial charge in [-0.05, 0) is 0 Å². The van der Waals surface area contributed by atoms with Crippen molar-refractivity contribution in [2.45, 2.75) is 13.0 Å². The highest BCUT2D eigenvalue weighted by atomic mass is 19.4. The lowest BCUT2D eigenvalue weighted by molar-refractivity contribution is -0.275. The minimum absolute atomic E-state index is 0.407. The third-order valence-electron chi connectivity index (χ3n) is 1.80. The summed E-state index contributed by atoms with van der Waals surface area (Å²) >= 11 is 0. The SMILES string of the molecule is COC(=O)c1c(F)cnc(CF)c1OC(F)(F)F. The first-order chi connectivity index (χ1) is 8.30. The molecule has 0 aliphatic heterocycles. The van der Waals surface area contributed by atoms with Gasteiger partial charge in [-0.15, -0.1) is 13.2 Å². The first-order valence-electron chi connectivity index (χ1n) is 4.37. The molecule has 1 heterocycles. The van der Waals surface area contributed by atoms with E-state index in [2.05, 4.69) is 14.5 Å². The van der Waals surface area contributed by atoms with Crippen LogP contribution in [0.4, 0.5) is 22.0 Å². The normalized spacial score (nSPS) is 11.2. The summed E-state index contributed by atoms with van der Waals surface area (Å²) in [6, 6.07) is 0. The van der Waals surface area contributed by atoms with Gasteiger partial charge in [-0.3, -0.25) is 4.98 Å². The quantitative estimate of drug-likeness (QED) is 0.625. The van der Waals surface area contributed by atoms with Crippen LogP contribution in [0.2, 0.25) is 0 Å².